The highest BCUT2D eigenvalue weighted by atomic mass is 16.1. The maximum absolute atomic E-state index is 11.7. The summed E-state index contributed by atoms with van der Waals surface area (Å²) in [5.41, 5.74) is 2.72. The number of hydrogen-bond acceptors (Lipinski definition) is 1. The minimum absolute atomic E-state index is 0.391. The molecule has 0 N–H and O–H groups in total. The van der Waals surface area contributed by atoms with E-state index in [4.69, 9.17) is 0 Å². The van der Waals surface area contributed by atoms with Crippen LogP contribution in [-0.2, 0) is 4.79 Å². The average Bonchev–Trinajstić information content (AvgIpc) is 2.74. The highest BCUT2D eigenvalue weighted by molar-refractivity contribution is 5.91. The third-order valence-electron chi connectivity index (χ3n) is 7.95. The summed E-state index contributed by atoms with van der Waals surface area (Å²) < 4.78 is 0. The van der Waals surface area contributed by atoms with E-state index in [2.05, 4.69) is 13.8 Å². The predicted molar refractivity (Wildman–Crippen MR) is 81.3 cm³/mol. The molecule has 20 heavy (non-hydrogen) atoms. The highest BCUT2D eigenvalue weighted by Gasteiger charge is 2.59. The lowest BCUT2D eigenvalue weighted by atomic mass is 9.46. The summed E-state index contributed by atoms with van der Waals surface area (Å²) in [7, 11) is 0. The Morgan fingerprint density at radius 3 is 2.75 bits per heavy atom. The van der Waals surface area contributed by atoms with E-state index in [1.165, 1.54) is 50.5 Å². The molecular weight excluding hydrogens is 244 g/mol. The maximum Gasteiger partial charge on any atom is 0.155 e. The Labute approximate surface area is 123 Å². The van der Waals surface area contributed by atoms with Crippen LogP contribution in [0, 0.1) is 28.6 Å². The van der Waals surface area contributed by atoms with Gasteiger partial charge in [-0.15, -0.1) is 0 Å². The van der Waals surface area contributed by atoms with E-state index in [0.29, 0.717) is 16.6 Å². The predicted octanol–water partition coefficient (Wildman–Crippen LogP) is 4.91. The third-order valence-corrected chi connectivity index (χ3v) is 7.95. The molecule has 3 fully saturated rings. The quantitative estimate of drug-likeness (QED) is 0.612. The molecule has 5 atom stereocenters. The monoisotopic (exact) mass is 272 g/mol. The van der Waals surface area contributed by atoms with Crippen molar-refractivity contribution < 1.29 is 4.79 Å². The number of carbonyl (C=O) groups excluding carboxylic acids is 1. The Hall–Kier alpha value is -0.590. The first kappa shape index (κ1) is 13.1. The van der Waals surface area contributed by atoms with Crippen molar-refractivity contribution in [3.63, 3.8) is 0 Å². The molecule has 0 radical (unpaired) electrons. The number of rotatable bonds is 0. The van der Waals surface area contributed by atoms with Crippen LogP contribution < -0.4 is 0 Å². The topological polar surface area (TPSA) is 17.1 Å². The maximum atomic E-state index is 11.7. The molecule has 1 heteroatoms. The van der Waals surface area contributed by atoms with Gasteiger partial charge in [-0.25, -0.2) is 0 Å². The molecule has 0 saturated heterocycles. The molecule has 3 saturated carbocycles. The summed E-state index contributed by atoms with van der Waals surface area (Å²) in [4.78, 5) is 11.7. The summed E-state index contributed by atoms with van der Waals surface area (Å²) in [6.45, 7) is 5.19. The van der Waals surface area contributed by atoms with Gasteiger partial charge in [-0.05, 0) is 79.6 Å². The Balaban J connectivity index is 1.68. The molecular formula is C19H28O. The standard InChI is InChI=1S/C19H28O/c1-18-9-3-10-19(18,2)17-7-4-13-12-14(20)5-6-15(13)16(17)8-11-18/h12,15-17H,3-11H2,1-2H3. The Kier molecular flexibility index (Phi) is 2.76. The first-order valence-corrected chi connectivity index (χ1v) is 8.77. The van der Waals surface area contributed by atoms with Crippen molar-refractivity contribution in [2.24, 2.45) is 28.6 Å². The van der Waals surface area contributed by atoms with Gasteiger partial charge in [-0.1, -0.05) is 25.8 Å². The summed E-state index contributed by atoms with van der Waals surface area (Å²) in [5, 5.41) is 0. The van der Waals surface area contributed by atoms with Gasteiger partial charge >= 0.3 is 0 Å². The molecule has 110 valence electrons. The van der Waals surface area contributed by atoms with E-state index < -0.39 is 0 Å². The zero-order chi connectivity index (χ0) is 14.0. The van der Waals surface area contributed by atoms with Crippen LogP contribution in [0.2, 0.25) is 0 Å². The molecule has 0 heterocycles. The first-order valence-electron chi connectivity index (χ1n) is 8.77. The van der Waals surface area contributed by atoms with Crippen LogP contribution in [0.25, 0.3) is 0 Å². The van der Waals surface area contributed by atoms with E-state index >= 15 is 0 Å². The first-order chi connectivity index (χ1) is 9.53. The van der Waals surface area contributed by atoms with Crippen molar-refractivity contribution in [2.75, 3.05) is 0 Å². The Bertz CT molecular complexity index is 476. The van der Waals surface area contributed by atoms with Gasteiger partial charge in [-0.3, -0.25) is 4.79 Å². The SMILES string of the molecule is CC12CCCC1(C)C1CCC3=CC(=O)CCC3C1CC2. The molecule has 0 aromatic carbocycles. The van der Waals surface area contributed by atoms with Crippen molar-refractivity contribution >= 4 is 5.78 Å². The van der Waals surface area contributed by atoms with Gasteiger partial charge in [-0.2, -0.15) is 0 Å². The normalized spacial score (nSPS) is 51.0. The van der Waals surface area contributed by atoms with Crippen LogP contribution >= 0.6 is 0 Å². The van der Waals surface area contributed by atoms with Gasteiger partial charge in [0.2, 0.25) is 0 Å². The summed E-state index contributed by atoms with van der Waals surface area (Å²) >= 11 is 0. The minimum atomic E-state index is 0.391. The molecule has 4 rings (SSSR count). The number of allylic oxidation sites excluding steroid dienone is 1. The molecule has 0 aromatic heterocycles. The molecule has 0 aromatic rings. The van der Waals surface area contributed by atoms with Crippen LogP contribution in [0.3, 0.4) is 0 Å². The second kappa shape index (κ2) is 4.21. The number of fused-ring (bicyclic) bond motifs is 5. The minimum Gasteiger partial charge on any atom is -0.295 e. The smallest absolute Gasteiger partial charge is 0.155 e. The zero-order valence-electron chi connectivity index (χ0n) is 13.1. The van der Waals surface area contributed by atoms with E-state index in [1.807, 2.05) is 6.08 Å². The summed E-state index contributed by atoms with van der Waals surface area (Å²) in [6, 6.07) is 0. The fourth-order valence-electron chi connectivity index (χ4n) is 6.59. The van der Waals surface area contributed by atoms with Crippen molar-refractivity contribution in [3.8, 4) is 0 Å². The number of hydrogen-bond donors (Lipinski definition) is 0. The van der Waals surface area contributed by atoms with Gasteiger partial charge in [0.15, 0.2) is 5.78 Å². The van der Waals surface area contributed by atoms with Crippen LogP contribution in [0.5, 0.6) is 0 Å². The van der Waals surface area contributed by atoms with E-state index in [9.17, 15) is 4.79 Å². The molecule has 5 unspecified atom stereocenters. The molecule has 0 bridgehead atoms. The Morgan fingerprint density at radius 1 is 1.05 bits per heavy atom. The molecule has 0 spiro atoms. The number of carbonyl (C=O) groups is 1. The second-order valence-electron chi connectivity index (χ2n) is 8.51. The van der Waals surface area contributed by atoms with Gasteiger partial charge in [0.25, 0.3) is 0 Å². The van der Waals surface area contributed by atoms with Gasteiger partial charge < -0.3 is 0 Å². The van der Waals surface area contributed by atoms with Crippen LogP contribution in [-0.4, -0.2) is 5.78 Å². The highest BCUT2D eigenvalue weighted by Crippen LogP contribution is 2.68. The molecule has 0 amide bonds. The van der Waals surface area contributed by atoms with E-state index in [1.54, 1.807) is 0 Å². The third kappa shape index (κ3) is 1.58. The average molecular weight is 272 g/mol. The molecule has 0 aliphatic heterocycles. The zero-order valence-corrected chi connectivity index (χ0v) is 13.1. The lowest BCUT2D eigenvalue weighted by Crippen LogP contribution is -2.50. The van der Waals surface area contributed by atoms with Gasteiger partial charge in [0.05, 0.1) is 0 Å². The van der Waals surface area contributed by atoms with Crippen LogP contribution in [0.15, 0.2) is 11.6 Å². The fourth-order valence-corrected chi connectivity index (χ4v) is 6.59. The van der Waals surface area contributed by atoms with Crippen molar-refractivity contribution in [1.82, 2.24) is 0 Å². The second-order valence-corrected chi connectivity index (χ2v) is 8.51. The lowest BCUT2D eigenvalue weighted by molar-refractivity contribution is -0.116. The molecule has 4 aliphatic carbocycles. The number of ketones is 1. The van der Waals surface area contributed by atoms with E-state index in [0.717, 1.165) is 30.6 Å². The van der Waals surface area contributed by atoms with Crippen LogP contribution in [0.1, 0.15) is 71.6 Å². The largest absolute Gasteiger partial charge is 0.295 e. The lowest BCUT2D eigenvalue weighted by Gasteiger charge is -2.58. The summed E-state index contributed by atoms with van der Waals surface area (Å²) in [5.74, 6) is 2.97. The van der Waals surface area contributed by atoms with Crippen molar-refractivity contribution in [2.45, 2.75) is 71.6 Å². The van der Waals surface area contributed by atoms with Crippen molar-refractivity contribution in [3.05, 3.63) is 11.6 Å². The molecule has 1 nitrogen and oxygen atoms in total. The fraction of sp³-hybridized carbons (Fsp3) is 0.842. The molecule has 4 aliphatic rings. The summed E-state index contributed by atoms with van der Waals surface area (Å²) in [6.07, 6.45) is 13.8. The van der Waals surface area contributed by atoms with Gasteiger partial charge in [0.1, 0.15) is 0 Å². The van der Waals surface area contributed by atoms with E-state index in [-0.39, 0.29) is 0 Å². The van der Waals surface area contributed by atoms with Crippen LogP contribution in [0.4, 0.5) is 0 Å². The van der Waals surface area contributed by atoms with Crippen molar-refractivity contribution in [1.29, 1.82) is 0 Å². The van der Waals surface area contributed by atoms with Gasteiger partial charge in [0, 0.05) is 6.42 Å². The Morgan fingerprint density at radius 2 is 1.90 bits per heavy atom.